The minimum absolute atomic E-state index is 0.282. The van der Waals surface area contributed by atoms with E-state index in [1.165, 1.54) is 6.07 Å². The van der Waals surface area contributed by atoms with Gasteiger partial charge in [-0.2, -0.15) is 8.78 Å². The molecule has 1 aromatic heterocycles. The van der Waals surface area contributed by atoms with Crippen molar-refractivity contribution < 1.29 is 8.78 Å². The molecule has 2 N–H and O–H groups in total. The second-order valence-electron chi connectivity index (χ2n) is 3.94. The van der Waals surface area contributed by atoms with E-state index in [9.17, 15) is 8.78 Å². The second-order valence-corrected chi connectivity index (χ2v) is 4.42. The van der Waals surface area contributed by atoms with Crippen molar-refractivity contribution in [3.05, 3.63) is 28.0 Å². The highest BCUT2D eigenvalue weighted by molar-refractivity contribution is 6.31. The van der Waals surface area contributed by atoms with Gasteiger partial charge in [0.05, 0.1) is 5.69 Å². The van der Waals surface area contributed by atoms with E-state index in [0.717, 1.165) is 6.92 Å². The lowest BCUT2D eigenvalue weighted by Gasteiger charge is -2.18. The Hall–Kier alpha value is -1.16. The number of nitrogen functional groups attached to an aromatic ring is 1. The monoisotopic (exact) mass is 244 g/mol. The molecule has 0 atom stereocenters. The Bertz CT molecular complexity index is 464. The van der Waals surface area contributed by atoms with Gasteiger partial charge in [-0.1, -0.05) is 11.6 Å². The van der Waals surface area contributed by atoms with E-state index >= 15 is 0 Å². The average molecular weight is 245 g/mol. The standard InChI is InChI=1S/C11H11ClF2N2/c1-11(13,14)10-5-8(15)7-4-6(12)2-3-9(7)16-10/h4-5H,2-3H2,1H3,(H2,15,16). The fraction of sp³-hybridized carbons (Fsp3) is 0.364. The van der Waals surface area contributed by atoms with E-state index in [1.54, 1.807) is 6.08 Å². The Balaban J connectivity index is 2.56. The molecule has 0 amide bonds. The molecule has 1 aliphatic carbocycles. The predicted octanol–water partition coefficient (Wildman–Crippen LogP) is 3.30. The summed E-state index contributed by atoms with van der Waals surface area (Å²) in [4.78, 5) is 3.95. The van der Waals surface area contributed by atoms with Crippen LogP contribution in [0.1, 0.15) is 30.3 Å². The van der Waals surface area contributed by atoms with Crippen molar-refractivity contribution in [2.75, 3.05) is 5.73 Å². The zero-order valence-electron chi connectivity index (χ0n) is 8.73. The molecular formula is C11H11ClF2N2. The molecule has 0 aromatic carbocycles. The molecule has 2 rings (SSSR count). The van der Waals surface area contributed by atoms with Crippen molar-refractivity contribution in [3.63, 3.8) is 0 Å². The molecule has 0 saturated carbocycles. The lowest BCUT2D eigenvalue weighted by atomic mass is 10.00. The summed E-state index contributed by atoms with van der Waals surface area (Å²) in [5.74, 6) is -2.96. The quantitative estimate of drug-likeness (QED) is 0.823. The van der Waals surface area contributed by atoms with Crippen LogP contribution in [0.25, 0.3) is 6.08 Å². The molecule has 0 saturated heterocycles. The maximum absolute atomic E-state index is 13.1. The van der Waals surface area contributed by atoms with Gasteiger partial charge >= 0.3 is 0 Å². The number of rotatable bonds is 1. The molecule has 2 nitrogen and oxygen atoms in total. The maximum atomic E-state index is 13.1. The molecule has 5 heteroatoms. The summed E-state index contributed by atoms with van der Waals surface area (Å²) in [5, 5.41) is 0.678. The molecule has 0 fully saturated rings. The van der Waals surface area contributed by atoms with Gasteiger partial charge in [0.15, 0.2) is 0 Å². The molecule has 86 valence electrons. The van der Waals surface area contributed by atoms with Gasteiger partial charge in [0.25, 0.3) is 5.92 Å². The third-order valence-corrected chi connectivity index (χ3v) is 2.82. The number of aromatic nitrogens is 1. The number of hydrogen-bond acceptors (Lipinski definition) is 2. The van der Waals surface area contributed by atoms with E-state index in [-0.39, 0.29) is 5.69 Å². The minimum atomic E-state index is -2.96. The SMILES string of the molecule is CC(F)(F)c1cc(N)c2c(n1)CCC(Cl)=C2. The molecule has 0 radical (unpaired) electrons. The zero-order valence-corrected chi connectivity index (χ0v) is 9.48. The highest BCUT2D eigenvalue weighted by Crippen LogP contribution is 2.33. The Morgan fingerprint density at radius 3 is 2.75 bits per heavy atom. The number of fused-ring (bicyclic) bond motifs is 1. The van der Waals surface area contributed by atoms with Crippen molar-refractivity contribution in [3.8, 4) is 0 Å². The Morgan fingerprint density at radius 1 is 1.44 bits per heavy atom. The van der Waals surface area contributed by atoms with Gasteiger partial charge in [-0.25, -0.2) is 0 Å². The number of hydrogen-bond donors (Lipinski definition) is 1. The lowest BCUT2D eigenvalue weighted by Crippen LogP contribution is -2.14. The van der Waals surface area contributed by atoms with Crippen molar-refractivity contribution >= 4 is 23.4 Å². The summed E-state index contributed by atoms with van der Waals surface area (Å²) in [6.07, 6.45) is 2.87. The van der Waals surface area contributed by atoms with Crippen LogP contribution in [0.15, 0.2) is 11.1 Å². The Kier molecular flexibility index (Phi) is 2.62. The second kappa shape index (κ2) is 3.70. The van der Waals surface area contributed by atoms with E-state index in [0.29, 0.717) is 34.8 Å². The third kappa shape index (κ3) is 2.02. The van der Waals surface area contributed by atoms with E-state index in [1.807, 2.05) is 0 Å². The van der Waals surface area contributed by atoms with E-state index in [2.05, 4.69) is 4.98 Å². The first kappa shape index (κ1) is 11.3. The summed E-state index contributed by atoms with van der Waals surface area (Å²) in [6.45, 7) is 0.812. The molecule has 0 spiro atoms. The number of nitrogens with two attached hydrogens (primary N) is 1. The van der Waals surface area contributed by atoms with Gasteiger partial charge in [-0.15, -0.1) is 0 Å². The van der Waals surface area contributed by atoms with Gasteiger partial charge in [-0.3, -0.25) is 4.98 Å². The van der Waals surface area contributed by atoms with Crippen LogP contribution in [0.4, 0.5) is 14.5 Å². The number of alkyl halides is 2. The highest BCUT2D eigenvalue weighted by atomic mass is 35.5. The van der Waals surface area contributed by atoms with E-state index in [4.69, 9.17) is 17.3 Å². The van der Waals surface area contributed by atoms with Crippen LogP contribution in [0.2, 0.25) is 0 Å². The van der Waals surface area contributed by atoms with Crippen LogP contribution in [-0.4, -0.2) is 4.98 Å². The van der Waals surface area contributed by atoms with Crippen molar-refractivity contribution in [2.45, 2.75) is 25.7 Å². The summed E-state index contributed by atoms with van der Waals surface area (Å²) < 4.78 is 26.2. The Labute approximate surface area is 97.1 Å². The van der Waals surface area contributed by atoms with Crippen LogP contribution in [0.5, 0.6) is 0 Å². The Morgan fingerprint density at radius 2 is 2.12 bits per heavy atom. The molecular weight excluding hydrogens is 234 g/mol. The number of anilines is 1. The molecule has 1 aromatic rings. The molecule has 0 bridgehead atoms. The largest absolute Gasteiger partial charge is 0.398 e. The van der Waals surface area contributed by atoms with Crippen molar-refractivity contribution in [1.82, 2.24) is 4.98 Å². The van der Waals surface area contributed by atoms with Gasteiger partial charge in [0.1, 0.15) is 5.69 Å². The maximum Gasteiger partial charge on any atom is 0.287 e. The zero-order chi connectivity index (χ0) is 11.9. The van der Waals surface area contributed by atoms with E-state index < -0.39 is 5.92 Å². The summed E-state index contributed by atoms with van der Waals surface area (Å²) in [7, 11) is 0. The summed E-state index contributed by atoms with van der Waals surface area (Å²) in [6, 6.07) is 1.21. The smallest absolute Gasteiger partial charge is 0.287 e. The third-order valence-electron chi connectivity index (χ3n) is 2.52. The minimum Gasteiger partial charge on any atom is -0.398 e. The predicted molar refractivity (Wildman–Crippen MR) is 60.4 cm³/mol. The van der Waals surface area contributed by atoms with Gasteiger partial charge in [-0.05, 0) is 25.0 Å². The molecule has 1 heterocycles. The van der Waals surface area contributed by atoms with Gasteiger partial charge in [0.2, 0.25) is 0 Å². The number of halogens is 3. The van der Waals surface area contributed by atoms with Crippen LogP contribution < -0.4 is 5.73 Å². The number of aryl methyl sites for hydroxylation is 1. The van der Waals surface area contributed by atoms with Crippen molar-refractivity contribution in [2.24, 2.45) is 0 Å². The number of pyridine rings is 1. The fourth-order valence-corrected chi connectivity index (χ4v) is 1.88. The van der Waals surface area contributed by atoms with Crippen LogP contribution >= 0.6 is 11.6 Å². The summed E-state index contributed by atoms with van der Waals surface area (Å²) in [5.41, 5.74) is 7.02. The first-order valence-electron chi connectivity index (χ1n) is 4.91. The first-order chi connectivity index (χ1) is 7.38. The number of allylic oxidation sites excluding steroid dienone is 1. The lowest BCUT2D eigenvalue weighted by molar-refractivity contribution is 0.0126. The average Bonchev–Trinajstić information content (AvgIpc) is 2.17. The normalized spacial score (nSPS) is 15.6. The molecule has 1 aliphatic rings. The van der Waals surface area contributed by atoms with Gasteiger partial charge < -0.3 is 5.73 Å². The van der Waals surface area contributed by atoms with Crippen LogP contribution in [-0.2, 0) is 12.3 Å². The first-order valence-corrected chi connectivity index (χ1v) is 5.29. The van der Waals surface area contributed by atoms with Crippen LogP contribution in [0, 0.1) is 0 Å². The molecule has 0 aliphatic heterocycles. The number of nitrogens with zero attached hydrogens (tertiary/aromatic N) is 1. The van der Waals surface area contributed by atoms with Crippen molar-refractivity contribution in [1.29, 1.82) is 0 Å². The molecule has 16 heavy (non-hydrogen) atoms. The highest BCUT2D eigenvalue weighted by Gasteiger charge is 2.28. The summed E-state index contributed by atoms with van der Waals surface area (Å²) >= 11 is 5.88. The van der Waals surface area contributed by atoms with Crippen LogP contribution in [0.3, 0.4) is 0 Å². The topological polar surface area (TPSA) is 38.9 Å². The fourth-order valence-electron chi connectivity index (χ4n) is 1.68. The van der Waals surface area contributed by atoms with Gasteiger partial charge in [0, 0.05) is 23.2 Å². The molecule has 0 unspecified atom stereocenters.